The molecule has 0 bridgehead atoms. The Kier molecular flexibility index (Phi) is 4.30. The van der Waals surface area contributed by atoms with Gasteiger partial charge < -0.3 is 14.8 Å². The molecule has 0 saturated heterocycles. The number of aliphatic hydroxyl groups excluding tert-OH is 1. The molecule has 1 aromatic heterocycles. The van der Waals surface area contributed by atoms with Crippen molar-refractivity contribution < 1.29 is 18.7 Å². The van der Waals surface area contributed by atoms with Crippen LogP contribution in [0.4, 0.5) is 4.39 Å². The van der Waals surface area contributed by atoms with Crippen LogP contribution in [0.15, 0.2) is 47.3 Å². The number of halogens is 1. The first-order chi connectivity index (χ1) is 9.15. The van der Waals surface area contributed by atoms with Crippen LogP contribution in [0.3, 0.4) is 0 Å². The van der Waals surface area contributed by atoms with E-state index in [0.29, 0.717) is 5.56 Å². The zero-order chi connectivity index (χ0) is 13.7. The summed E-state index contributed by atoms with van der Waals surface area (Å²) < 4.78 is 17.5. The van der Waals surface area contributed by atoms with E-state index in [9.17, 15) is 14.3 Å². The van der Waals surface area contributed by atoms with Crippen LogP contribution in [0, 0.1) is 5.82 Å². The van der Waals surface area contributed by atoms with Gasteiger partial charge in [0.25, 0.3) is 0 Å². The molecule has 0 fully saturated rings. The normalized spacial score (nSPS) is 12.1. The molecule has 1 amide bonds. The quantitative estimate of drug-likeness (QED) is 0.864. The maximum Gasteiger partial charge on any atom is 0.224 e. The lowest BCUT2D eigenvalue weighted by Crippen LogP contribution is -2.29. The van der Waals surface area contributed by atoms with Gasteiger partial charge in [0.05, 0.1) is 25.1 Å². The monoisotopic (exact) mass is 263 g/mol. The van der Waals surface area contributed by atoms with Crippen molar-refractivity contribution in [3.8, 4) is 0 Å². The molecule has 0 radical (unpaired) electrons. The minimum absolute atomic E-state index is 0.111. The van der Waals surface area contributed by atoms with Crippen molar-refractivity contribution in [2.75, 3.05) is 6.54 Å². The highest BCUT2D eigenvalue weighted by molar-refractivity contribution is 5.78. The molecule has 2 rings (SSSR count). The molecule has 100 valence electrons. The summed E-state index contributed by atoms with van der Waals surface area (Å²) in [4.78, 5) is 11.6. The lowest BCUT2D eigenvalue weighted by molar-refractivity contribution is -0.120. The Bertz CT molecular complexity index is 522. The van der Waals surface area contributed by atoms with Crippen molar-refractivity contribution in [3.05, 3.63) is 59.8 Å². The summed E-state index contributed by atoms with van der Waals surface area (Å²) in [5, 5.41) is 12.3. The summed E-state index contributed by atoms with van der Waals surface area (Å²) in [5.41, 5.74) is 1.33. The van der Waals surface area contributed by atoms with Crippen LogP contribution < -0.4 is 5.32 Å². The van der Waals surface area contributed by atoms with Gasteiger partial charge in [-0.2, -0.15) is 0 Å². The Morgan fingerprint density at radius 1 is 1.32 bits per heavy atom. The maximum absolute atomic E-state index is 12.7. The topological polar surface area (TPSA) is 62.5 Å². The largest absolute Gasteiger partial charge is 0.472 e. The molecule has 1 atom stereocenters. The Morgan fingerprint density at radius 2 is 2.05 bits per heavy atom. The van der Waals surface area contributed by atoms with Crippen LogP contribution in [-0.2, 0) is 11.2 Å². The van der Waals surface area contributed by atoms with Gasteiger partial charge in [0.2, 0.25) is 5.91 Å². The highest BCUT2D eigenvalue weighted by Crippen LogP contribution is 2.11. The first-order valence-corrected chi connectivity index (χ1v) is 5.86. The second-order valence-electron chi connectivity index (χ2n) is 4.18. The third-order valence-corrected chi connectivity index (χ3v) is 2.70. The number of rotatable bonds is 5. The SMILES string of the molecule is O=C(Cc1ccc(F)cc1)NC[C@H](O)c1ccoc1. The molecule has 4 nitrogen and oxygen atoms in total. The number of hydrogen-bond acceptors (Lipinski definition) is 3. The lowest BCUT2D eigenvalue weighted by Gasteiger charge is -2.10. The Hall–Kier alpha value is -2.14. The second-order valence-corrected chi connectivity index (χ2v) is 4.18. The van der Waals surface area contributed by atoms with Crippen molar-refractivity contribution in [1.82, 2.24) is 5.32 Å². The van der Waals surface area contributed by atoms with Crippen molar-refractivity contribution >= 4 is 5.91 Å². The smallest absolute Gasteiger partial charge is 0.224 e. The summed E-state index contributed by atoms with van der Waals surface area (Å²) in [5.74, 6) is -0.561. The second kappa shape index (κ2) is 6.15. The van der Waals surface area contributed by atoms with E-state index >= 15 is 0 Å². The van der Waals surface area contributed by atoms with Crippen molar-refractivity contribution in [1.29, 1.82) is 0 Å². The summed E-state index contributed by atoms with van der Waals surface area (Å²) >= 11 is 0. The molecule has 0 saturated carbocycles. The van der Waals surface area contributed by atoms with E-state index in [2.05, 4.69) is 5.32 Å². The average molecular weight is 263 g/mol. The molecule has 2 aromatic rings. The molecule has 1 aromatic carbocycles. The molecule has 0 aliphatic carbocycles. The van der Waals surface area contributed by atoms with Gasteiger partial charge in [0, 0.05) is 12.1 Å². The first-order valence-electron chi connectivity index (χ1n) is 5.86. The van der Waals surface area contributed by atoms with E-state index in [0.717, 1.165) is 5.56 Å². The third-order valence-electron chi connectivity index (χ3n) is 2.70. The van der Waals surface area contributed by atoms with Crippen LogP contribution in [-0.4, -0.2) is 17.6 Å². The van der Waals surface area contributed by atoms with Gasteiger partial charge >= 0.3 is 0 Å². The minimum Gasteiger partial charge on any atom is -0.472 e. The van der Waals surface area contributed by atoms with E-state index in [4.69, 9.17) is 4.42 Å². The summed E-state index contributed by atoms with van der Waals surface area (Å²) in [7, 11) is 0. The Labute approximate surface area is 109 Å². The highest BCUT2D eigenvalue weighted by atomic mass is 19.1. The van der Waals surface area contributed by atoms with Crippen LogP contribution in [0.1, 0.15) is 17.2 Å². The number of nitrogens with one attached hydrogen (secondary N) is 1. The third kappa shape index (κ3) is 3.93. The number of benzene rings is 1. The molecule has 19 heavy (non-hydrogen) atoms. The van der Waals surface area contributed by atoms with E-state index in [-0.39, 0.29) is 24.7 Å². The number of aliphatic hydroxyl groups is 1. The van der Waals surface area contributed by atoms with Crippen LogP contribution in [0.5, 0.6) is 0 Å². The van der Waals surface area contributed by atoms with Crippen LogP contribution in [0.2, 0.25) is 0 Å². The summed E-state index contributed by atoms with van der Waals surface area (Å²) in [6.45, 7) is 0.111. The Morgan fingerprint density at radius 3 is 2.68 bits per heavy atom. The number of carbonyl (C=O) groups is 1. The maximum atomic E-state index is 12.7. The predicted molar refractivity (Wildman–Crippen MR) is 66.8 cm³/mol. The molecule has 1 heterocycles. The van der Waals surface area contributed by atoms with Gasteiger partial charge in [-0.1, -0.05) is 12.1 Å². The van der Waals surface area contributed by atoms with Gasteiger partial charge in [-0.25, -0.2) is 4.39 Å². The van der Waals surface area contributed by atoms with Gasteiger partial charge in [-0.15, -0.1) is 0 Å². The van der Waals surface area contributed by atoms with Gasteiger partial charge in [0.15, 0.2) is 0 Å². The van der Waals surface area contributed by atoms with Gasteiger partial charge in [-0.3, -0.25) is 4.79 Å². The molecule has 0 aliphatic heterocycles. The zero-order valence-corrected chi connectivity index (χ0v) is 10.2. The molecule has 0 spiro atoms. The number of hydrogen-bond donors (Lipinski definition) is 2. The molecule has 5 heteroatoms. The summed E-state index contributed by atoms with van der Waals surface area (Å²) in [6, 6.07) is 7.37. The highest BCUT2D eigenvalue weighted by Gasteiger charge is 2.10. The van der Waals surface area contributed by atoms with Crippen molar-refractivity contribution in [2.45, 2.75) is 12.5 Å². The number of carbonyl (C=O) groups excluding carboxylic acids is 1. The first kappa shape index (κ1) is 13.3. The van der Waals surface area contributed by atoms with E-state index < -0.39 is 6.10 Å². The van der Waals surface area contributed by atoms with Crippen molar-refractivity contribution in [2.24, 2.45) is 0 Å². The van der Waals surface area contributed by atoms with Crippen LogP contribution >= 0.6 is 0 Å². The van der Waals surface area contributed by atoms with Crippen LogP contribution in [0.25, 0.3) is 0 Å². The minimum atomic E-state index is -0.795. The predicted octanol–water partition coefficient (Wildman–Crippen LogP) is 1.81. The standard InChI is InChI=1S/C14H14FNO3/c15-12-3-1-10(2-4-12)7-14(18)16-8-13(17)11-5-6-19-9-11/h1-6,9,13,17H,7-8H2,(H,16,18)/t13-/m0/s1. The zero-order valence-electron chi connectivity index (χ0n) is 10.2. The number of furan rings is 1. The van der Waals surface area contributed by atoms with Gasteiger partial charge in [-0.05, 0) is 23.8 Å². The molecule has 0 aliphatic rings. The molecule has 2 N–H and O–H groups in total. The lowest BCUT2D eigenvalue weighted by atomic mass is 10.1. The van der Waals surface area contributed by atoms with E-state index in [1.54, 1.807) is 18.2 Å². The fraction of sp³-hybridized carbons (Fsp3) is 0.214. The average Bonchev–Trinajstić information content (AvgIpc) is 2.93. The summed E-state index contributed by atoms with van der Waals surface area (Å²) in [6.07, 6.45) is 2.24. The van der Waals surface area contributed by atoms with E-state index in [1.165, 1.54) is 24.7 Å². The van der Waals surface area contributed by atoms with E-state index in [1.807, 2.05) is 0 Å². The fourth-order valence-corrected chi connectivity index (χ4v) is 1.64. The van der Waals surface area contributed by atoms with Gasteiger partial charge in [0.1, 0.15) is 5.82 Å². The molecular weight excluding hydrogens is 249 g/mol. The fourth-order valence-electron chi connectivity index (χ4n) is 1.64. The van der Waals surface area contributed by atoms with Crippen molar-refractivity contribution in [3.63, 3.8) is 0 Å². The molecule has 0 unspecified atom stereocenters. The number of amides is 1. The molecular formula is C14H14FNO3. The Balaban J connectivity index is 1.80.